The van der Waals surface area contributed by atoms with E-state index in [0.29, 0.717) is 23.0 Å². The molecule has 176 valence electrons. The molecule has 4 fully saturated rings. The van der Waals surface area contributed by atoms with E-state index in [1.54, 1.807) is 0 Å². The van der Waals surface area contributed by atoms with Gasteiger partial charge in [-0.25, -0.2) is 0 Å². The molecule has 1 aromatic carbocycles. The molecule has 3 heteroatoms. The molecule has 0 bridgehead atoms. The summed E-state index contributed by atoms with van der Waals surface area (Å²) in [5.74, 6) is 3.27. The van der Waals surface area contributed by atoms with Crippen molar-refractivity contribution in [1.82, 2.24) is 4.90 Å². The Hall–Kier alpha value is -1.19. The molecule has 0 amide bonds. The predicted octanol–water partition coefficient (Wildman–Crippen LogP) is 5.85. The van der Waals surface area contributed by atoms with Gasteiger partial charge >= 0.3 is 0 Å². The highest BCUT2D eigenvalue weighted by Gasteiger charge is 2.61. The highest BCUT2D eigenvalue weighted by molar-refractivity contribution is 5.87. The average molecular weight is 438 g/mol. The lowest BCUT2D eigenvalue weighted by atomic mass is 9.44. The number of aliphatic hydroxyl groups is 1. The van der Waals surface area contributed by atoms with Crippen molar-refractivity contribution < 1.29 is 9.90 Å². The number of carbonyl (C=O) groups excluding carboxylic acids is 1. The quantitative estimate of drug-likeness (QED) is 0.628. The number of benzene rings is 1. The number of nitrogens with zero attached hydrogens (tertiary/aromatic N) is 1. The Morgan fingerprint density at radius 3 is 2.53 bits per heavy atom. The van der Waals surface area contributed by atoms with Crippen molar-refractivity contribution in [2.24, 2.45) is 34.5 Å². The fraction of sp³-hybridized carbons (Fsp3) is 0.759. The molecule has 0 spiro atoms. The fourth-order valence-corrected chi connectivity index (χ4v) is 8.77. The molecule has 4 saturated carbocycles. The van der Waals surface area contributed by atoms with Crippen molar-refractivity contribution in [3.05, 3.63) is 35.9 Å². The molecule has 7 atom stereocenters. The van der Waals surface area contributed by atoms with E-state index >= 15 is 0 Å². The third kappa shape index (κ3) is 3.68. The Balaban J connectivity index is 1.28. The summed E-state index contributed by atoms with van der Waals surface area (Å²) < 4.78 is 0. The Bertz CT molecular complexity index is 839. The van der Waals surface area contributed by atoms with E-state index in [1.165, 1.54) is 24.8 Å². The fourth-order valence-electron chi connectivity index (χ4n) is 8.77. The molecule has 1 aromatic rings. The lowest BCUT2D eigenvalue weighted by molar-refractivity contribution is -0.157. The van der Waals surface area contributed by atoms with Gasteiger partial charge in [0.05, 0.1) is 5.60 Å². The minimum Gasteiger partial charge on any atom is -0.389 e. The number of Topliss-reactive ketones (excluding diaryl/α,β-unsaturated/α-hetero) is 1. The zero-order valence-corrected chi connectivity index (χ0v) is 20.5. The van der Waals surface area contributed by atoms with Crippen LogP contribution in [0, 0.1) is 34.5 Å². The molecule has 0 saturated heterocycles. The maximum atomic E-state index is 12.7. The van der Waals surface area contributed by atoms with Crippen LogP contribution in [-0.4, -0.2) is 34.5 Å². The Kier molecular flexibility index (Phi) is 5.82. The second-order valence-electron chi connectivity index (χ2n) is 12.3. The first-order valence-electron chi connectivity index (χ1n) is 13.3. The molecular weight excluding hydrogens is 394 g/mol. The van der Waals surface area contributed by atoms with Crippen molar-refractivity contribution in [2.45, 2.75) is 90.7 Å². The second kappa shape index (κ2) is 8.24. The van der Waals surface area contributed by atoms with Crippen LogP contribution in [0.25, 0.3) is 0 Å². The van der Waals surface area contributed by atoms with E-state index in [4.69, 9.17) is 0 Å². The first-order valence-corrected chi connectivity index (χ1v) is 13.3. The van der Waals surface area contributed by atoms with Crippen LogP contribution in [-0.2, 0) is 11.3 Å². The van der Waals surface area contributed by atoms with Gasteiger partial charge in [0.1, 0.15) is 5.78 Å². The van der Waals surface area contributed by atoms with E-state index in [0.717, 1.165) is 70.0 Å². The topological polar surface area (TPSA) is 40.5 Å². The number of rotatable bonds is 5. The smallest absolute Gasteiger partial charge is 0.139 e. The molecule has 3 nitrogen and oxygen atoms in total. The van der Waals surface area contributed by atoms with Gasteiger partial charge in [-0.15, -0.1) is 0 Å². The standard InChI is InChI=1S/C29H43NO2/c1-4-30(19-21-8-6-5-7-9-21)20-29(32)17-16-27(2)22(18-29)10-11-23-24-12-13-26(31)28(24,3)15-14-25(23)27/h5-9,22-25,32H,4,10-20H2,1-3H3/t22-,23-,24-,25-,27-,28-,29+/m0/s1. The van der Waals surface area contributed by atoms with Crippen LogP contribution < -0.4 is 0 Å². The molecular formula is C29H43NO2. The second-order valence-corrected chi connectivity index (χ2v) is 12.3. The minimum atomic E-state index is -0.561. The number of likely N-dealkylation sites (N-methyl/N-ethyl adjacent to an activating group) is 1. The Morgan fingerprint density at radius 2 is 1.78 bits per heavy atom. The van der Waals surface area contributed by atoms with Gasteiger partial charge in [-0.3, -0.25) is 9.69 Å². The largest absolute Gasteiger partial charge is 0.389 e. The summed E-state index contributed by atoms with van der Waals surface area (Å²) in [7, 11) is 0. The van der Waals surface area contributed by atoms with Gasteiger partial charge in [0, 0.05) is 24.9 Å². The number of fused-ring (bicyclic) bond motifs is 5. The normalized spacial score (nSPS) is 43.6. The summed E-state index contributed by atoms with van der Waals surface area (Å²) in [4.78, 5) is 15.1. The molecule has 0 aliphatic heterocycles. The minimum absolute atomic E-state index is 0.0289. The SMILES string of the molecule is CCN(Cc1ccccc1)C[C@@]1(O)CC[C@@]2(C)[C@@H](CC[C@@H]3[C@@H]2CC[C@]2(C)C(=O)CC[C@@H]32)C1. The molecule has 1 N–H and O–H groups in total. The van der Waals surface area contributed by atoms with Crippen molar-refractivity contribution >= 4 is 5.78 Å². The number of ketones is 1. The van der Waals surface area contributed by atoms with Gasteiger partial charge in [0.2, 0.25) is 0 Å². The zero-order valence-electron chi connectivity index (χ0n) is 20.5. The molecule has 32 heavy (non-hydrogen) atoms. The maximum absolute atomic E-state index is 12.7. The lowest BCUT2D eigenvalue weighted by Crippen LogP contribution is -2.57. The number of carbonyl (C=O) groups is 1. The summed E-state index contributed by atoms with van der Waals surface area (Å²) in [5.41, 5.74) is 1.08. The highest BCUT2D eigenvalue weighted by Crippen LogP contribution is 2.66. The maximum Gasteiger partial charge on any atom is 0.139 e. The molecule has 0 heterocycles. The van der Waals surface area contributed by atoms with E-state index in [-0.39, 0.29) is 5.41 Å². The third-order valence-electron chi connectivity index (χ3n) is 10.7. The van der Waals surface area contributed by atoms with Crippen LogP contribution in [0.15, 0.2) is 30.3 Å². The molecule has 0 radical (unpaired) electrons. The van der Waals surface area contributed by atoms with Gasteiger partial charge in [0.25, 0.3) is 0 Å². The molecule has 0 aromatic heterocycles. The first-order chi connectivity index (χ1) is 15.3. The zero-order chi connectivity index (χ0) is 22.6. The van der Waals surface area contributed by atoms with E-state index in [1.807, 2.05) is 0 Å². The summed E-state index contributed by atoms with van der Waals surface area (Å²) >= 11 is 0. The van der Waals surface area contributed by atoms with Crippen LogP contribution in [0.2, 0.25) is 0 Å². The van der Waals surface area contributed by atoms with Crippen molar-refractivity contribution in [3.63, 3.8) is 0 Å². The number of hydrogen-bond donors (Lipinski definition) is 1. The molecule has 4 aliphatic carbocycles. The lowest BCUT2D eigenvalue weighted by Gasteiger charge is -2.61. The molecule has 4 aliphatic rings. The Labute approximate surface area is 195 Å². The van der Waals surface area contributed by atoms with Crippen LogP contribution >= 0.6 is 0 Å². The van der Waals surface area contributed by atoms with Gasteiger partial charge < -0.3 is 5.11 Å². The number of hydrogen-bond acceptors (Lipinski definition) is 3. The van der Waals surface area contributed by atoms with Crippen LogP contribution in [0.5, 0.6) is 0 Å². The monoisotopic (exact) mass is 437 g/mol. The highest BCUT2D eigenvalue weighted by atomic mass is 16.3. The third-order valence-corrected chi connectivity index (χ3v) is 10.7. The van der Waals surface area contributed by atoms with Crippen molar-refractivity contribution in [1.29, 1.82) is 0 Å². The van der Waals surface area contributed by atoms with E-state index in [9.17, 15) is 9.90 Å². The van der Waals surface area contributed by atoms with Gasteiger partial charge in [-0.2, -0.15) is 0 Å². The summed E-state index contributed by atoms with van der Waals surface area (Å²) in [5, 5.41) is 11.7. The summed E-state index contributed by atoms with van der Waals surface area (Å²) in [6.45, 7) is 9.72. The van der Waals surface area contributed by atoms with Crippen molar-refractivity contribution in [3.8, 4) is 0 Å². The van der Waals surface area contributed by atoms with Crippen LogP contribution in [0.4, 0.5) is 0 Å². The molecule has 0 unspecified atom stereocenters. The average Bonchev–Trinajstić information content (AvgIpc) is 3.09. The van der Waals surface area contributed by atoms with Gasteiger partial charge in [-0.1, -0.05) is 51.1 Å². The molecule has 5 rings (SSSR count). The van der Waals surface area contributed by atoms with Gasteiger partial charge in [-0.05, 0) is 92.6 Å². The summed E-state index contributed by atoms with van der Waals surface area (Å²) in [6, 6.07) is 10.7. The van der Waals surface area contributed by atoms with Crippen LogP contribution in [0.3, 0.4) is 0 Å². The van der Waals surface area contributed by atoms with E-state index < -0.39 is 5.60 Å². The van der Waals surface area contributed by atoms with E-state index in [2.05, 4.69) is 56.0 Å². The summed E-state index contributed by atoms with van der Waals surface area (Å²) in [6.07, 6.45) is 9.82. The first kappa shape index (κ1) is 22.6. The van der Waals surface area contributed by atoms with Crippen molar-refractivity contribution in [2.75, 3.05) is 13.1 Å². The predicted molar refractivity (Wildman–Crippen MR) is 129 cm³/mol. The Morgan fingerprint density at radius 1 is 1.00 bits per heavy atom. The van der Waals surface area contributed by atoms with Crippen LogP contribution in [0.1, 0.15) is 84.1 Å². The van der Waals surface area contributed by atoms with Gasteiger partial charge in [0.15, 0.2) is 0 Å².